The van der Waals surface area contributed by atoms with Crippen LogP contribution in [0.2, 0.25) is 0 Å². The maximum atomic E-state index is 5.80. The summed E-state index contributed by atoms with van der Waals surface area (Å²) in [6.07, 6.45) is 10.3. The second-order valence-corrected chi connectivity index (χ2v) is 6.07. The Bertz CT molecular complexity index is 370. The van der Waals surface area contributed by atoms with Crippen LogP contribution in [0.5, 0.6) is 0 Å². The quantitative estimate of drug-likeness (QED) is 0.730. The van der Waals surface area contributed by atoms with Gasteiger partial charge in [0.15, 0.2) is 0 Å². The molecule has 1 aliphatic carbocycles. The molecule has 0 bridgehead atoms. The lowest BCUT2D eigenvalue weighted by Crippen LogP contribution is -2.14. The van der Waals surface area contributed by atoms with Gasteiger partial charge in [0, 0.05) is 5.92 Å². The summed E-state index contributed by atoms with van der Waals surface area (Å²) in [5, 5.41) is 11.7. The van der Waals surface area contributed by atoms with Gasteiger partial charge in [-0.05, 0) is 44.6 Å². The minimum absolute atomic E-state index is 0.500. The van der Waals surface area contributed by atoms with Gasteiger partial charge >= 0.3 is 0 Å². The third kappa shape index (κ3) is 4.58. The monoisotopic (exact) mass is 279 g/mol. The van der Waals surface area contributed by atoms with Crippen molar-refractivity contribution in [2.45, 2.75) is 77.7 Å². The van der Waals surface area contributed by atoms with Gasteiger partial charge in [-0.2, -0.15) is 0 Å². The Morgan fingerprint density at radius 2 is 1.90 bits per heavy atom. The molecule has 0 unspecified atom stereocenters. The van der Waals surface area contributed by atoms with E-state index in [2.05, 4.69) is 29.4 Å². The van der Waals surface area contributed by atoms with E-state index in [1.807, 2.05) is 0 Å². The fraction of sp³-hybridized carbons (Fsp3) is 0.875. The molecule has 1 aromatic heterocycles. The number of hydrogen-bond donors (Lipinski definition) is 1. The maximum Gasteiger partial charge on any atom is 0.230 e. The minimum atomic E-state index is 0.500. The first kappa shape index (κ1) is 15.5. The molecule has 0 spiro atoms. The second kappa shape index (κ2) is 8.40. The summed E-state index contributed by atoms with van der Waals surface area (Å²) in [6, 6.07) is 0. The Morgan fingerprint density at radius 3 is 2.60 bits per heavy atom. The van der Waals surface area contributed by atoms with Crippen molar-refractivity contribution in [3.05, 3.63) is 11.8 Å². The van der Waals surface area contributed by atoms with Crippen LogP contribution in [-0.4, -0.2) is 16.7 Å². The SMILES string of the molecule is CCCCC1CCC(c2nnc(CNCCC)o2)CC1. The molecule has 114 valence electrons. The third-order valence-electron chi connectivity index (χ3n) is 4.35. The van der Waals surface area contributed by atoms with Crippen LogP contribution in [0.3, 0.4) is 0 Å². The largest absolute Gasteiger partial charge is 0.424 e. The molecule has 1 aliphatic rings. The van der Waals surface area contributed by atoms with Crippen LogP contribution in [0.15, 0.2) is 4.42 Å². The third-order valence-corrected chi connectivity index (χ3v) is 4.35. The van der Waals surface area contributed by atoms with Crippen LogP contribution in [0, 0.1) is 5.92 Å². The van der Waals surface area contributed by atoms with E-state index in [0.717, 1.165) is 30.7 Å². The molecule has 4 nitrogen and oxygen atoms in total. The first-order valence-electron chi connectivity index (χ1n) is 8.36. The van der Waals surface area contributed by atoms with E-state index in [9.17, 15) is 0 Å². The van der Waals surface area contributed by atoms with Crippen LogP contribution >= 0.6 is 0 Å². The summed E-state index contributed by atoms with van der Waals surface area (Å²) in [4.78, 5) is 0. The van der Waals surface area contributed by atoms with Crippen molar-refractivity contribution in [3.8, 4) is 0 Å². The molecule has 1 fully saturated rings. The molecule has 20 heavy (non-hydrogen) atoms. The standard InChI is InChI=1S/C16H29N3O/c1-3-5-6-13-7-9-14(10-8-13)16-19-18-15(20-16)12-17-11-4-2/h13-14,17H,3-12H2,1-2H3. The number of nitrogens with zero attached hydrogens (tertiary/aromatic N) is 2. The number of hydrogen-bond acceptors (Lipinski definition) is 4. The van der Waals surface area contributed by atoms with Gasteiger partial charge in [0.2, 0.25) is 11.8 Å². The predicted octanol–water partition coefficient (Wildman–Crippen LogP) is 4.03. The summed E-state index contributed by atoms with van der Waals surface area (Å²) < 4.78 is 5.80. The van der Waals surface area contributed by atoms with E-state index < -0.39 is 0 Å². The van der Waals surface area contributed by atoms with Gasteiger partial charge in [-0.1, -0.05) is 33.1 Å². The number of nitrogens with one attached hydrogen (secondary N) is 1. The summed E-state index contributed by atoms with van der Waals surface area (Å²) in [5.74, 6) is 3.04. The highest BCUT2D eigenvalue weighted by atomic mass is 16.4. The first-order valence-corrected chi connectivity index (χ1v) is 8.36. The summed E-state index contributed by atoms with van der Waals surface area (Å²) in [6.45, 7) is 6.13. The summed E-state index contributed by atoms with van der Waals surface area (Å²) in [7, 11) is 0. The highest BCUT2D eigenvalue weighted by Crippen LogP contribution is 2.37. The molecule has 1 N–H and O–H groups in total. The van der Waals surface area contributed by atoms with Gasteiger partial charge in [0.05, 0.1) is 6.54 Å². The zero-order valence-electron chi connectivity index (χ0n) is 13.0. The molecule has 0 amide bonds. The van der Waals surface area contributed by atoms with Crippen LogP contribution in [0.4, 0.5) is 0 Å². The molecule has 1 aromatic rings. The maximum absolute atomic E-state index is 5.80. The molecular weight excluding hydrogens is 250 g/mol. The highest BCUT2D eigenvalue weighted by Gasteiger charge is 2.25. The van der Waals surface area contributed by atoms with E-state index in [4.69, 9.17) is 4.42 Å². The average Bonchev–Trinajstić information content (AvgIpc) is 2.95. The van der Waals surface area contributed by atoms with Gasteiger partial charge < -0.3 is 9.73 Å². The number of rotatable bonds is 8. The minimum Gasteiger partial charge on any atom is -0.424 e. The van der Waals surface area contributed by atoms with Crippen molar-refractivity contribution >= 4 is 0 Å². The van der Waals surface area contributed by atoms with E-state index in [0.29, 0.717) is 12.5 Å². The Morgan fingerprint density at radius 1 is 1.10 bits per heavy atom. The molecule has 1 heterocycles. The van der Waals surface area contributed by atoms with Crippen molar-refractivity contribution in [2.75, 3.05) is 6.54 Å². The van der Waals surface area contributed by atoms with Gasteiger partial charge in [0.1, 0.15) is 0 Å². The van der Waals surface area contributed by atoms with E-state index >= 15 is 0 Å². The predicted molar refractivity (Wildman–Crippen MR) is 80.5 cm³/mol. The molecule has 0 saturated heterocycles. The van der Waals surface area contributed by atoms with Crippen LogP contribution in [0.1, 0.15) is 82.9 Å². The zero-order valence-corrected chi connectivity index (χ0v) is 13.0. The second-order valence-electron chi connectivity index (χ2n) is 6.07. The van der Waals surface area contributed by atoms with Crippen molar-refractivity contribution < 1.29 is 4.42 Å². The molecule has 4 heteroatoms. The van der Waals surface area contributed by atoms with E-state index in [1.165, 1.54) is 44.9 Å². The van der Waals surface area contributed by atoms with E-state index in [1.54, 1.807) is 0 Å². The summed E-state index contributed by atoms with van der Waals surface area (Å²) >= 11 is 0. The lowest BCUT2D eigenvalue weighted by molar-refractivity contribution is 0.273. The fourth-order valence-electron chi connectivity index (χ4n) is 3.07. The van der Waals surface area contributed by atoms with Crippen LogP contribution in [-0.2, 0) is 6.54 Å². The zero-order chi connectivity index (χ0) is 14.2. The van der Waals surface area contributed by atoms with E-state index in [-0.39, 0.29) is 0 Å². The highest BCUT2D eigenvalue weighted by molar-refractivity contribution is 4.94. The normalized spacial score (nSPS) is 23.1. The van der Waals surface area contributed by atoms with Crippen molar-refractivity contribution in [1.82, 2.24) is 15.5 Å². The van der Waals surface area contributed by atoms with Gasteiger partial charge in [-0.25, -0.2) is 0 Å². The molecular formula is C16H29N3O. The molecule has 0 aromatic carbocycles. The van der Waals surface area contributed by atoms with Crippen LogP contribution < -0.4 is 5.32 Å². The Kier molecular flexibility index (Phi) is 6.51. The topological polar surface area (TPSA) is 51.0 Å². The van der Waals surface area contributed by atoms with Gasteiger partial charge in [-0.3, -0.25) is 0 Å². The Hall–Kier alpha value is -0.900. The fourth-order valence-corrected chi connectivity index (χ4v) is 3.07. The van der Waals surface area contributed by atoms with Crippen molar-refractivity contribution in [1.29, 1.82) is 0 Å². The molecule has 0 radical (unpaired) electrons. The first-order chi connectivity index (χ1) is 9.83. The van der Waals surface area contributed by atoms with Crippen LogP contribution in [0.25, 0.3) is 0 Å². The summed E-state index contributed by atoms with van der Waals surface area (Å²) in [5.41, 5.74) is 0. The van der Waals surface area contributed by atoms with Crippen molar-refractivity contribution in [2.24, 2.45) is 5.92 Å². The Labute approximate surface area is 122 Å². The van der Waals surface area contributed by atoms with Gasteiger partial charge in [0.25, 0.3) is 0 Å². The molecule has 2 rings (SSSR count). The number of aromatic nitrogens is 2. The molecule has 0 atom stereocenters. The Balaban J connectivity index is 1.75. The molecule has 0 aliphatic heterocycles. The number of unbranched alkanes of at least 4 members (excludes halogenated alkanes) is 1. The lowest BCUT2D eigenvalue weighted by Gasteiger charge is -2.26. The van der Waals surface area contributed by atoms with Crippen molar-refractivity contribution in [3.63, 3.8) is 0 Å². The smallest absolute Gasteiger partial charge is 0.230 e. The van der Waals surface area contributed by atoms with Gasteiger partial charge in [-0.15, -0.1) is 10.2 Å². The molecule has 1 saturated carbocycles. The lowest BCUT2D eigenvalue weighted by atomic mass is 9.80. The average molecular weight is 279 g/mol.